The predicted molar refractivity (Wildman–Crippen MR) is 82.3 cm³/mol. The first-order valence-corrected chi connectivity index (χ1v) is 8.22. The van der Waals surface area contributed by atoms with Gasteiger partial charge >= 0.3 is 0 Å². The summed E-state index contributed by atoms with van der Waals surface area (Å²) in [5.41, 5.74) is 7.61. The Morgan fingerprint density at radius 1 is 1.30 bits per heavy atom. The number of carbonyl (C=O) groups excluding carboxylic acids is 1. The second-order valence-electron chi connectivity index (χ2n) is 5.40. The lowest BCUT2D eigenvalue weighted by Crippen LogP contribution is -2.32. The summed E-state index contributed by atoms with van der Waals surface area (Å²) in [6, 6.07) is 5.19. The maximum atomic E-state index is 12.0. The average Bonchev–Trinajstić information content (AvgIpc) is 2.31. The normalized spacial score (nSPS) is 13.2. The Bertz CT molecular complexity index is 594. The second kappa shape index (κ2) is 6.26. The van der Waals surface area contributed by atoms with Gasteiger partial charge in [-0.3, -0.25) is 4.79 Å². The van der Waals surface area contributed by atoms with Crippen LogP contribution >= 0.6 is 0 Å². The first-order valence-electron chi connectivity index (χ1n) is 6.51. The lowest BCUT2D eigenvalue weighted by atomic mass is 10.2. The van der Waals surface area contributed by atoms with Gasteiger partial charge in [0.1, 0.15) is 5.75 Å². The van der Waals surface area contributed by atoms with Gasteiger partial charge in [-0.2, -0.15) is 0 Å². The maximum absolute atomic E-state index is 12.0. The van der Waals surface area contributed by atoms with E-state index in [0.717, 1.165) is 5.56 Å². The number of rotatable bonds is 5. The van der Waals surface area contributed by atoms with Crippen molar-refractivity contribution in [2.45, 2.75) is 32.9 Å². The highest BCUT2D eigenvalue weighted by Crippen LogP contribution is 2.20. The van der Waals surface area contributed by atoms with Gasteiger partial charge in [0, 0.05) is 0 Å². The van der Waals surface area contributed by atoms with Crippen LogP contribution in [0.2, 0.25) is 0 Å². The zero-order valence-electron chi connectivity index (χ0n) is 12.3. The SMILES string of the molecule is Cc1ccc(NC(=O)CS(=O)(=O)C(C)C(C)C)c(N)c1. The summed E-state index contributed by atoms with van der Waals surface area (Å²) in [7, 11) is -3.45. The monoisotopic (exact) mass is 298 g/mol. The van der Waals surface area contributed by atoms with Crippen LogP contribution in [0, 0.1) is 12.8 Å². The van der Waals surface area contributed by atoms with Crippen LogP contribution in [0.15, 0.2) is 18.2 Å². The molecule has 112 valence electrons. The summed E-state index contributed by atoms with van der Waals surface area (Å²) in [6.45, 7) is 7.14. The Hall–Kier alpha value is -1.56. The van der Waals surface area contributed by atoms with Gasteiger partial charge in [-0.05, 0) is 37.5 Å². The summed E-state index contributed by atoms with van der Waals surface area (Å²) in [4.78, 5) is 11.8. The quantitative estimate of drug-likeness (QED) is 0.813. The van der Waals surface area contributed by atoms with Crippen molar-refractivity contribution in [2.24, 2.45) is 5.92 Å². The van der Waals surface area contributed by atoms with Crippen LogP contribution in [0.25, 0.3) is 0 Å². The first-order chi connectivity index (χ1) is 9.13. The molecule has 1 amide bonds. The van der Waals surface area contributed by atoms with E-state index in [2.05, 4.69) is 5.32 Å². The molecule has 0 bridgehead atoms. The Morgan fingerprint density at radius 3 is 2.40 bits per heavy atom. The molecule has 5 nitrogen and oxygen atoms in total. The fourth-order valence-corrected chi connectivity index (χ4v) is 3.24. The highest BCUT2D eigenvalue weighted by Gasteiger charge is 2.26. The van der Waals surface area contributed by atoms with E-state index >= 15 is 0 Å². The molecule has 0 heterocycles. The Labute approximate surface area is 120 Å². The van der Waals surface area contributed by atoms with E-state index in [-0.39, 0.29) is 5.92 Å². The van der Waals surface area contributed by atoms with Crippen molar-refractivity contribution < 1.29 is 13.2 Å². The fraction of sp³-hybridized carbons (Fsp3) is 0.500. The number of hydrogen-bond donors (Lipinski definition) is 2. The molecule has 0 saturated heterocycles. The van der Waals surface area contributed by atoms with Crippen molar-refractivity contribution in [3.05, 3.63) is 23.8 Å². The van der Waals surface area contributed by atoms with Crippen LogP contribution in [-0.4, -0.2) is 25.3 Å². The molecule has 3 N–H and O–H groups in total. The number of amides is 1. The summed E-state index contributed by atoms with van der Waals surface area (Å²) in [6.07, 6.45) is 0. The lowest BCUT2D eigenvalue weighted by molar-refractivity contribution is -0.113. The molecule has 0 aromatic heterocycles. The number of nitrogen functional groups attached to an aromatic ring is 1. The van der Waals surface area contributed by atoms with Crippen LogP contribution in [0.5, 0.6) is 0 Å². The fourth-order valence-electron chi connectivity index (χ4n) is 1.71. The molecular weight excluding hydrogens is 276 g/mol. The van der Waals surface area contributed by atoms with Gasteiger partial charge in [-0.1, -0.05) is 19.9 Å². The maximum Gasteiger partial charge on any atom is 0.239 e. The van der Waals surface area contributed by atoms with E-state index in [4.69, 9.17) is 5.73 Å². The molecule has 0 radical (unpaired) electrons. The molecule has 1 aromatic carbocycles. The smallest absolute Gasteiger partial charge is 0.239 e. The zero-order chi connectivity index (χ0) is 15.5. The lowest BCUT2D eigenvalue weighted by Gasteiger charge is -2.16. The van der Waals surface area contributed by atoms with Crippen molar-refractivity contribution in [3.8, 4) is 0 Å². The molecule has 0 spiro atoms. The average molecular weight is 298 g/mol. The van der Waals surface area contributed by atoms with E-state index in [1.807, 2.05) is 20.8 Å². The molecule has 0 saturated carbocycles. The number of carbonyl (C=O) groups is 1. The molecular formula is C14H22N2O3S. The zero-order valence-corrected chi connectivity index (χ0v) is 13.1. The number of benzene rings is 1. The van der Waals surface area contributed by atoms with Gasteiger partial charge in [-0.15, -0.1) is 0 Å². The summed E-state index contributed by atoms with van der Waals surface area (Å²) < 4.78 is 24.0. The number of nitrogens with one attached hydrogen (secondary N) is 1. The van der Waals surface area contributed by atoms with Crippen LogP contribution < -0.4 is 11.1 Å². The number of aryl methyl sites for hydroxylation is 1. The predicted octanol–water partition coefficient (Wildman–Crippen LogP) is 1.98. The third-order valence-corrected chi connectivity index (χ3v) is 5.66. The summed E-state index contributed by atoms with van der Waals surface area (Å²) in [5, 5.41) is 1.99. The molecule has 1 rings (SSSR count). The minimum absolute atomic E-state index is 0.0303. The molecule has 0 fully saturated rings. The van der Waals surface area contributed by atoms with Gasteiger partial charge in [0.25, 0.3) is 0 Å². The van der Waals surface area contributed by atoms with Crippen molar-refractivity contribution in [1.82, 2.24) is 0 Å². The molecule has 1 atom stereocenters. The largest absolute Gasteiger partial charge is 0.397 e. The minimum atomic E-state index is -3.45. The Morgan fingerprint density at radius 2 is 1.90 bits per heavy atom. The number of anilines is 2. The molecule has 1 unspecified atom stereocenters. The Kier molecular flexibility index (Phi) is 5.16. The van der Waals surface area contributed by atoms with Crippen molar-refractivity contribution >= 4 is 27.1 Å². The van der Waals surface area contributed by atoms with Gasteiger partial charge < -0.3 is 11.1 Å². The van der Waals surface area contributed by atoms with Crippen molar-refractivity contribution in [2.75, 3.05) is 16.8 Å². The van der Waals surface area contributed by atoms with Crippen LogP contribution in [0.1, 0.15) is 26.3 Å². The molecule has 0 aliphatic carbocycles. The summed E-state index contributed by atoms with van der Waals surface area (Å²) in [5.74, 6) is -1.12. The van der Waals surface area contributed by atoms with Gasteiger partial charge in [0.15, 0.2) is 9.84 Å². The molecule has 1 aromatic rings. The molecule has 6 heteroatoms. The van der Waals surface area contributed by atoms with E-state index in [1.165, 1.54) is 0 Å². The van der Waals surface area contributed by atoms with E-state index in [1.54, 1.807) is 25.1 Å². The molecule has 20 heavy (non-hydrogen) atoms. The van der Waals surface area contributed by atoms with Crippen LogP contribution in [0.4, 0.5) is 11.4 Å². The minimum Gasteiger partial charge on any atom is -0.397 e. The standard InChI is InChI=1S/C14H22N2O3S/c1-9(2)11(4)20(18,19)8-14(17)16-13-6-5-10(3)7-12(13)15/h5-7,9,11H,8,15H2,1-4H3,(H,16,17). The highest BCUT2D eigenvalue weighted by atomic mass is 32.2. The van der Waals surface area contributed by atoms with Gasteiger partial charge in [-0.25, -0.2) is 8.42 Å². The first kappa shape index (κ1) is 16.5. The number of hydrogen-bond acceptors (Lipinski definition) is 4. The highest BCUT2D eigenvalue weighted by molar-refractivity contribution is 7.92. The van der Waals surface area contributed by atoms with E-state index < -0.39 is 26.7 Å². The third-order valence-electron chi connectivity index (χ3n) is 3.32. The van der Waals surface area contributed by atoms with Crippen molar-refractivity contribution in [1.29, 1.82) is 0 Å². The number of nitrogens with two attached hydrogens (primary N) is 1. The van der Waals surface area contributed by atoms with Crippen LogP contribution in [0.3, 0.4) is 0 Å². The molecule has 0 aliphatic heterocycles. The summed E-state index contributed by atoms with van der Waals surface area (Å²) >= 11 is 0. The second-order valence-corrected chi connectivity index (χ2v) is 7.75. The number of sulfone groups is 1. The van der Waals surface area contributed by atoms with Gasteiger partial charge in [0.2, 0.25) is 5.91 Å². The van der Waals surface area contributed by atoms with Gasteiger partial charge in [0.05, 0.1) is 16.6 Å². The Balaban J connectivity index is 2.78. The topological polar surface area (TPSA) is 89.3 Å². The third kappa shape index (κ3) is 4.23. The van der Waals surface area contributed by atoms with E-state index in [0.29, 0.717) is 11.4 Å². The van der Waals surface area contributed by atoms with Crippen LogP contribution in [-0.2, 0) is 14.6 Å². The molecule has 0 aliphatic rings. The van der Waals surface area contributed by atoms with Crippen molar-refractivity contribution in [3.63, 3.8) is 0 Å². The van der Waals surface area contributed by atoms with E-state index in [9.17, 15) is 13.2 Å².